The molecule has 0 aromatic heterocycles. The molecule has 3 nitrogen and oxygen atoms in total. The van der Waals surface area contributed by atoms with Gasteiger partial charge in [-0.05, 0) is 13.0 Å². The molecule has 0 aliphatic heterocycles. The van der Waals surface area contributed by atoms with Crippen LogP contribution in [0, 0.1) is 5.82 Å². The highest BCUT2D eigenvalue weighted by molar-refractivity contribution is 5.79. The normalized spacial score (nSPS) is 9.93. The first-order valence-electron chi connectivity index (χ1n) is 4.10. The molecule has 76 valence electrons. The predicted molar refractivity (Wildman–Crippen MR) is 49.0 cm³/mol. The van der Waals surface area contributed by atoms with Gasteiger partial charge in [-0.2, -0.15) is 4.39 Å². The third-order valence-corrected chi connectivity index (χ3v) is 1.80. The lowest BCUT2D eigenvalue weighted by Crippen LogP contribution is -2.01. The standard InChI is InChI=1S/C10H11FO3/c1-6(12)5-7-3-4-8(13)9(11)10(7)14-2/h3-4,13H,5H2,1-2H3. The zero-order valence-corrected chi connectivity index (χ0v) is 8.00. The van der Waals surface area contributed by atoms with Crippen molar-refractivity contribution in [3.63, 3.8) is 0 Å². The van der Waals surface area contributed by atoms with Gasteiger partial charge in [0.05, 0.1) is 7.11 Å². The van der Waals surface area contributed by atoms with Gasteiger partial charge in [-0.25, -0.2) is 0 Å². The molecule has 1 N–H and O–H groups in total. The Kier molecular flexibility index (Phi) is 3.06. The number of benzene rings is 1. The molecular weight excluding hydrogens is 187 g/mol. The first kappa shape index (κ1) is 10.5. The summed E-state index contributed by atoms with van der Waals surface area (Å²) in [4.78, 5) is 10.8. The van der Waals surface area contributed by atoms with Crippen molar-refractivity contribution in [3.8, 4) is 11.5 Å². The number of Topliss-reactive ketones (excluding diaryl/α,β-unsaturated/α-hetero) is 1. The summed E-state index contributed by atoms with van der Waals surface area (Å²) in [6.07, 6.45) is 0.0976. The van der Waals surface area contributed by atoms with E-state index in [1.54, 1.807) is 0 Å². The number of hydrogen-bond donors (Lipinski definition) is 1. The molecule has 0 spiro atoms. The van der Waals surface area contributed by atoms with Crippen molar-refractivity contribution in [1.29, 1.82) is 0 Å². The van der Waals surface area contributed by atoms with E-state index in [-0.39, 0.29) is 18.0 Å². The second-order valence-corrected chi connectivity index (χ2v) is 2.97. The van der Waals surface area contributed by atoms with Crippen LogP contribution < -0.4 is 4.74 Å². The van der Waals surface area contributed by atoms with Gasteiger partial charge in [0.2, 0.25) is 5.82 Å². The van der Waals surface area contributed by atoms with Crippen LogP contribution >= 0.6 is 0 Å². The van der Waals surface area contributed by atoms with E-state index >= 15 is 0 Å². The Morgan fingerprint density at radius 2 is 2.21 bits per heavy atom. The molecule has 4 heteroatoms. The first-order chi connectivity index (χ1) is 6.56. The van der Waals surface area contributed by atoms with Gasteiger partial charge in [-0.3, -0.25) is 4.79 Å². The average molecular weight is 198 g/mol. The van der Waals surface area contributed by atoms with E-state index in [1.807, 2.05) is 0 Å². The minimum absolute atomic E-state index is 0.0693. The Morgan fingerprint density at radius 1 is 1.57 bits per heavy atom. The van der Waals surface area contributed by atoms with Crippen molar-refractivity contribution in [2.75, 3.05) is 7.11 Å². The zero-order chi connectivity index (χ0) is 10.7. The first-order valence-corrected chi connectivity index (χ1v) is 4.10. The summed E-state index contributed by atoms with van der Waals surface area (Å²) in [6, 6.07) is 2.68. The van der Waals surface area contributed by atoms with E-state index in [0.717, 1.165) is 0 Å². The van der Waals surface area contributed by atoms with Gasteiger partial charge in [0.1, 0.15) is 5.78 Å². The van der Waals surface area contributed by atoms with Crippen LogP contribution in [-0.4, -0.2) is 18.0 Å². The zero-order valence-electron chi connectivity index (χ0n) is 8.00. The van der Waals surface area contributed by atoms with Gasteiger partial charge in [0.25, 0.3) is 0 Å². The van der Waals surface area contributed by atoms with E-state index in [4.69, 9.17) is 9.84 Å². The van der Waals surface area contributed by atoms with E-state index in [0.29, 0.717) is 5.56 Å². The van der Waals surface area contributed by atoms with Crippen LogP contribution in [0.3, 0.4) is 0 Å². The van der Waals surface area contributed by atoms with Gasteiger partial charge in [-0.1, -0.05) is 6.07 Å². The second-order valence-electron chi connectivity index (χ2n) is 2.97. The molecule has 1 aromatic carbocycles. The summed E-state index contributed by atoms with van der Waals surface area (Å²) in [6.45, 7) is 1.41. The van der Waals surface area contributed by atoms with Crippen molar-refractivity contribution in [2.24, 2.45) is 0 Å². The molecule has 14 heavy (non-hydrogen) atoms. The summed E-state index contributed by atoms with van der Waals surface area (Å²) in [5, 5.41) is 9.05. The maximum Gasteiger partial charge on any atom is 0.206 e. The van der Waals surface area contributed by atoms with Crippen LogP contribution in [0.15, 0.2) is 12.1 Å². The van der Waals surface area contributed by atoms with Crippen LogP contribution in [0.2, 0.25) is 0 Å². The molecule has 0 amide bonds. The lowest BCUT2D eigenvalue weighted by Gasteiger charge is -2.08. The molecule has 0 heterocycles. The lowest BCUT2D eigenvalue weighted by molar-refractivity contribution is -0.116. The fourth-order valence-electron chi connectivity index (χ4n) is 1.21. The largest absolute Gasteiger partial charge is 0.505 e. The van der Waals surface area contributed by atoms with Crippen molar-refractivity contribution in [1.82, 2.24) is 0 Å². The molecule has 0 fully saturated rings. The number of halogens is 1. The Hall–Kier alpha value is -1.58. The topological polar surface area (TPSA) is 46.5 Å². The Bertz CT molecular complexity index is 361. The molecule has 0 unspecified atom stereocenters. The Labute approximate surface area is 81.1 Å². The smallest absolute Gasteiger partial charge is 0.206 e. The summed E-state index contributed by atoms with van der Waals surface area (Å²) in [5.74, 6) is -1.46. The van der Waals surface area contributed by atoms with Gasteiger partial charge in [0, 0.05) is 12.0 Å². The Balaban J connectivity index is 3.17. The molecule has 0 saturated carbocycles. The number of carbonyl (C=O) groups is 1. The van der Waals surface area contributed by atoms with Crippen molar-refractivity contribution < 1.29 is 19.0 Å². The summed E-state index contributed by atoms with van der Waals surface area (Å²) < 4.78 is 18.0. The number of hydrogen-bond acceptors (Lipinski definition) is 3. The van der Waals surface area contributed by atoms with E-state index in [2.05, 4.69) is 0 Å². The molecule has 0 saturated heterocycles. The molecule has 1 aromatic rings. The third-order valence-electron chi connectivity index (χ3n) is 1.80. The molecule has 0 aliphatic rings. The van der Waals surface area contributed by atoms with Crippen molar-refractivity contribution >= 4 is 5.78 Å². The number of ketones is 1. The van der Waals surface area contributed by atoms with Gasteiger partial charge in [0.15, 0.2) is 11.5 Å². The SMILES string of the molecule is COc1c(CC(C)=O)ccc(O)c1F. The maximum absolute atomic E-state index is 13.2. The van der Waals surface area contributed by atoms with Crippen molar-refractivity contribution in [3.05, 3.63) is 23.5 Å². The van der Waals surface area contributed by atoms with Crippen LogP contribution in [-0.2, 0) is 11.2 Å². The molecule has 1 rings (SSSR count). The van der Waals surface area contributed by atoms with E-state index < -0.39 is 11.6 Å². The number of aromatic hydroxyl groups is 1. The summed E-state index contributed by atoms with van der Waals surface area (Å²) in [7, 11) is 1.29. The molecule has 0 bridgehead atoms. The minimum atomic E-state index is -0.828. The predicted octanol–water partition coefficient (Wildman–Crippen LogP) is 1.67. The van der Waals surface area contributed by atoms with Crippen LogP contribution in [0.5, 0.6) is 11.5 Å². The second kappa shape index (κ2) is 4.09. The van der Waals surface area contributed by atoms with E-state index in [1.165, 1.54) is 26.2 Å². The maximum atomic E-state index is 13.2. The highest BCUT2D eigenvalue weighted by atomic mass is 19.1. The molecular formula is C10H11FO3. The van der Waals surface area contributed by atoms with Crippen LogP contribution in [0.4, 0.5) is 4.39 Å². The van der Waals surface area contributed by atoms with Crippen molar-refractivity contribution in [2.45, 2.75) is 13.3 Å². The fraction of sp³-hybridized carbons (Fsp3) is 0.300. The number of phenols is 1. The fourth-order valence-corrected chi connectivity index (χ4v) is 1.21. The van der Waals surface area contributed by atoms with Gasteiger partial charge in [-0.15, -0.1) is 0 Å². The highest BCUT2D eigenvalue weighted by Crippen LogP contribution is 2.29. The number of carbonyl (C=O) groups excluding carboxylic acids is 1. The summed E-state index contributed by atoms with van der Waals surface area (Å²) in [5.41, 5.74) is 0.440. The minimum Gasteiger partial charge on any atom is -0.505 e. The Morgan fingerprint density at radius 3 is 2.71 bits per heavy atom. The number of ether oxygens (including phenoxy) is 1. The quantitative estimate of drug-likeness (QED) is 0.803. The van der Waals surface area contributed by atoms with Crippen LogP contribution in [0.1, 0.15) is 12.5 Å². The number of phenolic OH excluding ortho intramolecular Hbond substituents is 1. The lowest BCUT2D eigenvalue weighted by atomic mass is 10.1. The monoisotopic (exact) mass is 198 g/mol. The molecule has 0 atom stereocenters. The summed E-state index contributed by atoms with van der Waals surface area (Å²) >= 11 is 0. The highest BCUT2D eigenvalue weighted by Gasteiger charge is 2.14. The van der Waals surface area contributed by atoms with E-state index in [9.17, 15) is 9.18 Å². The van der Waals surface area contributed by atoms with Crippen LogP contribution in [0.25, 0.3) is 0 Å². The van der Waals surface area contributed by atoms with Gasteiger partial charge >= 0.3 is 0 Å². The third kappa shape index (κ3) is 2.02. The van der Waals surface area contributed by atoms with Gasteiger partial charge < -0.3 is 9.84 Å². The molecule has 0 aliphatic carbocycles. The number of methoxy groups -OCH3 is 1. The molecule has 0 radical (unpaired) electrons. The number of rotatable bonds is 3. The average Bonchev–Trinajstić information content (AvgIpc) is 2.11.